The Morgan fingerprint density at radius 2 is 1.82 bits per heavy atom. The van der Waals surface area contributed by atoms with Crippen LogP contribution in [0, 0.1) is 12.3 Å². The maximum absolute atomic E-state index is 12.5. The van der Waals surface area contributed by atoms with E-state index in [0.717, 1.165) is 41.2 Å². The van der Waals surface area contributed by atoms with Crippen LogP contribution in [0.3, 0.4) is 0 Å². The lowest BCUT2D eigenvalue weighted by molar-refractivity contribution is -0.114. The standard InChI is InChI=1S/C25H25ClN4O3S/c1-3-4-5-22-29-30-23(27)20(24(31)28-25(30)34-22)15-17-6-8-18(9-7-17)32-12-13-33-19-10-11-21(26)16(2)14-19/h6-11,14-15,27H,3-5,12-13H2,1-2H3. The van der Waals surface area contributed by atoms with E-state index < -0.39 is 5.91 Å². The van der Waals surface area contributed by atoms with Gasteiger partial charge in [0.2, 0.25) is 5.17 Å². The molecule has 0 fully saturated rings. The smallest absolute Gasteiger partial charge is 0.283 e. The van der Waals surface area contributed by atoms with E-state index in [1.165, 1.54) is 16.8 Å². The van der Waals surface area contributed by atoms with E-state index in [2.05, 4.69) is 17.0 Å². The van der Waals surface area contributed by atoms with Crippen LogP contribution < -0.4 is 9.47 Å². The number of thioether (sulfide) groups is 1. The monoisotopic (exact) mass is 496 g/mol. The van der Waals surface area contributed by atoms with Gasteiger partial charge in [-0.2, -0.15) is 15.1 Å². The number of nitrogens with one attached hydrogen (secondary N) is 1. The van der Waals surface area contributed by atoms with Crippen LogP contribution in [-0.2, 0) is 4.79 Å². The molecule has 0 saturated heterocycles. The number of hydrogen-bond donors (Lipinski definition) is 1. The van der Waals surface area contributed by atoms with E-state index in [1.54, 1.807) is 6.08 Å². The maximum atomic E-state index is 12.5. The minimum Gasteiger partial charge on any atom is -0.490 e. The van der Waals surface area contributed by atoms with Crippen LogP contribution in [0.4, 0.5) is 0 Å². The molecule has 34 heavy (non-hydrogen) atoms. The summed E-state index contributed by atoms with van der Waals surface area (Å²) >= 11 is 7.39. The van der Waals surface area contributed by atoms with Crippen LogP contribution in [0.5, 0.6) is 11.5 Å². The van der Waals surface area contributed by atoms with Crippen molar-refractivity contribution in [2.45, 2.75) is 33.1 Å². The summed E-state index contributed by atoms with van der Waals surface area (Å²) in [5.41, 5.74) is 1.95. The number of ether oxygens (including phenoxy) is 2. The van der Waals surface area contributed by atoms with Crippen molar-refractivity contribution in [2.75, 3.05) is 13.2 Å². The predicted octanol–water partition coefficient (Wildman–Crippen LogP) is 5.92. The molecule has 0 radical (unpaired) electrons. The summed E-state index contributed by atoms with van der Waals surface area (Å²) in [7, 11) is 0. The van der Waals surface area contributed by atoms with Crippen molar-refractivity contribution in [3.8, 4) is 11.5 Å². The summed E-state index contributed by atoms with van der Waals surface area (Å²) in [6.45, 7) is 4.82. The van der Waals surface area contributed by atoms with Gasteiger partial charge in [-0.3, -0.25) is 10.2 Å². The second kappa shape index (κ2) is 10.9. The fourth-order valence-electron chi connectivity index (χ4n) is 3.31. The first-order chi connectivity index (χ1) is 16.4. The number of nitrogens with zero attached hydrogens (tertiary/aromatic N) is 3. The highest BCUT2D eigenvalue weighted by atomic mass is 35.5. The zero-order valence-corrected chi connectivity index (χ0v) is 20.6. The molecule has 2 heterocycles. The van der Waals surface area contributed by atoms with Crippen molar-refractivity contribution in [1.82, 2.24) is 5.01 Å². The van der Waals surface area contributed by atoms with Crippen molar-refractivity contribution in [3.05, 3.63) is 64.2 Å². The lowest BCUT2D eigenvalue weighted by atomic mass is 10.1. The highest BCUT2D eigenvalue weighted by Crippen LogP contribution is 2.30. The third-order valence-electron chi connectivity index (χ3n) is 5.18. The van der Waals surface area contributed by atoms with Gasteiger partial charge in [-0.05, 0) is 79.1 Å². The highest BCUT2D eigenvalue weighted by molar-refractivity contribution is 8.26. The fourth-order valence-corrected chi connectivity index (χ4v) is 4.36. The molecule has 4 rings (SSSR count). The Morgan fingerprint density at radius 1 is 1.12 bits per heavy atom. The van der Waals surface area contributed by atoms with Crippen molar-refractivity contribution in [2.24, 2.45) is 10.1 Å². The number of hydrazone groups is 1. The molecule has 2 aromatic carbocycles. The van der Waals surface area contributed by atoms with Crippen molar-refractivity contribution in [1.29, 1.82) is 5.41 Å². The van der Waals surface area contributed by atoms with Gasteiger partial charge in [0.05, 0.1) is 5.57 Å². The number of aryl methyl sites for hydroxylation is 1. The number of hydrogen-bond acceptors (Lipinski definition) is 6. The van der Waals surface area contributed by atoms with Gasteiger partial charge in [0.25, 0.3) is 5.91 Å². The van der Waals surface area contributed by atoms with E-state index in [4.69, 9.17) is 26.5 Å². The number of amides is 1. The van der Waals surface area contributed by atoms with E-state index in [1.807, 2.05) is 49.4 Å². The van der Waals surface area contributed by atoms with Gasteiger partial charge in [-0.15, -0.1) is 0 Å². The summed E-state index contributed by atoms with van der Waals surface area (Å²) in [4.78, 5) is 16.7. The number of amidine groups is 2. The van der Waals surface area contributed by atoms with Crippen LogP contribution >= 0.6 is 23.4 Å². The minimum atomic E-state index is -0.425. The first-order valence-corrected chi connectivity index (χ1v) is 12.2. The van der Waals surface area contributed by atoms with E-state index in [0.29, 0.717) is 29.2 Å². The molecule has 9 heteroatoms. The van der Waals surface area contributed by atoms with Gasteiger partial charge in [-0.1, -0.05) is 37.1 Å². The quantitative estimate of drug-likeness (QED) is 0.344. The average Bonchev–Trinajstić information content (AvgIpc) is 3.24. The third-order valence-corrected chi connectivity index (χ3v) is 6.57. The fraction of sp³-hybridized carbons (Fsp3) is 0.280. The van der Waals surface area contributed by atoms with Crippen LogP contribution in [0.1, 0.15) is 37.3 Å². The van der Waals surface area contributed by atoms with Gasteiger partial charge in [0.1, 0.15) is 29.8 Å². The van der Waals surface area contributed by atoms with E-state index in [-0.39, 0.29) is 11.4 Å². The van der Waals surface area contributed by atoms with Crippen molar-refractivity contribution >= 4 is 51.4 Å². The van der Waals surface area contributed by atoms with Crippen molar-refractivity contribution < 1.29 is 14.3 Å². The van der Waals surface area contributed by atoms with Crippen LogP contribution in [0.2, 0.25) is 5.02 Å². The minimum absolute atomic E-state index is 0.0453. The molecule has 0 aromatic heterocycles. The molecular formula is C25H25ClN4O3S. The maximum Gasteiger partial charge on any atom is 0.283 e. The average molecular weight is 497 g/mol. The summed E-state index contributed by atoms with van der Waals surface area (Å²) in [6.07, 6.45) is 4.55. The molecule has 0 saturated carbocycles. The Kier molecular flexibility index (Phi) is 7.70. The predicted molar refractivity (Wildman–Crippen MR) is 138 cm³/mol. The third kappa shape index (κ3) is 5.69. The van der Waals surface area contributed by atoms with E-state index in [9.17, 15) is 4.79 Å². The van der Waals surface area contributed by atoms with Gasteiger partial charge in [0.15, 0.2) is 5.84 Å². The van der Waals surface area contributed by atoms with Gasteiger partial charge < -0.3 is 9.47 Å². The first-order valence-electron chi connectivity index (χ1n) is 11.1. The lowest BCUT2D eigenvalue weighted by Gasteiger charge is -2.20. The number of carbonyl (C=O) groups excluding carboxylic acids is 1. The zero-order chi connectivity index (χ0) is 24.1. The Morgan fingerprint density at radius 3 is 2.53 bits per heavy atom. The van der Waals surface area contributed by atoms with Gasteiger partial charge >= 0.3 is 0 Å². The van der Waals surface area contributed by atoms with Gasteiger partial charge in [0, 0.05) is 5.02 Å². The molecule has 2 aromatic rings. The second-order valence-corrected chi connectivity index (χ2v) is 9.24. The molecule has 0 unspecified atom stereocenters. The Hall–Kier alpha value is -3.10. The van der Waals surface area contributed by atoms with Gasteiger partial charge in [-0.25, -0.2) is 0 Å². The molecule has 0 aliphatic carbocycles. The molecular weight excluding hydrogens is 472 g/mol. The summed E-state index contributed by atoms with van der Waals surface area (Å²) in [5.74, 6) is 1.05. The Balaban J connectivity index is 1.34. The number of unbranched alkanes of at least 4 members (excludes halogenated alkanes) is 1. The molecule has 0 bridgehead atoms. The SMILES string of the molecule is CCCCC1=NN2C(=N)C(=Cc3ccc(OCCOc4ccc(Cl)c(C)c4)cc3)C(=O)N=C2S1. The van der Waals surface area contributed by atoms with Crippen LogP contribution in [-0.4, -0.2) is 40.2 Å². The Bertz CT molecular complexity index is 1190. The van der Waals surface area contributed by atoms with Crippen molar-refractivity contribution in [3.63, 3.8) is 0 Å². The first kappa shape index (κ1) is 24.0. The topological polar surface area (TPSA) is 87.3 Å². The molecule has 2 aliphatic rings. The number of rotatable bonds is 9. The summed E-state index contributed by atoms with van der Waals surface area (Å²) in [6, 6.07) is 12.8. The largest absolute Gasteiger partial charge is 0.490 e. The summed E-state index contributed by atoms with van der Waals surface area (Å²) < 4.78 is 11.4. The zero-order valence-electron chi connectivity index (χ0n) is 19.0. The van der Waals surface area contributed by atoms with E-state index >= 15 is 0 Å². The molecule has 1 amide bonds. The number of carbonyl (C=O) groups is 1. The summed E-state index contributed by atoms with van der Waals surface area (Å²) in [5, 5.41) is 16.4. The van der Waals surface area contributed by atoms with Crippen LogP contribution in [0.25, 0.3) is 6.08 Å². The molecule has 0 spiro atoms. The molecule has 0 atom stereocenters. The molecule has 1 N–H and O–H groups in total. The number of benzene rings is 2. The lowest BCUT2D eigenvalue weighted by Crippen LogP contribution is -2.35. The highest BCUT2D eigenvalue weighted by Gasteiger charge is 2.35. The molecule has 176 valence electrons. The number of aliphatic imine (C=N–C) groups is 1. The second-order valence-electron chi connectivity index (χ2n) is 7.79. The Labute approximate surface area is 208 Å². The van der Waals surface area contributed by atoms with Crippen LogP contribution in [0.15, 0.2) is 58.1 Å². The molecule has 7 nitrogen and oxygen atoms in total. The normalized spacial score (nSPS) is 16.4. The molecule has 2 aliphatic heterocycles. The number of fused-ring (bicyclic) bond motifs is 1. The number of halogens is 1.